The molecule has 0 aromatic heterocycles. The van der Waals surface area contributed by atoms with Crippen LogP contribution in [0.4, 0.5) is 5.69 Å². The normalized spacial score (nSPS) is 16.9. The van der Waals surface area contributed by atoms with Gasteiger partial charge in [0.2, 0.25) is 0 Å². The van der Waals surface area contributed by atoms with Crippen molar-refractivity contribution in [1.29, 1.82) is 0 Å². The number of carbonyl (C=O) groups excluding carboxylic acids is 1. The number of Topliss-reactive ketones (excluding diaryl/α,β-unsaturated/α-hetero) is 1. The lowest BCUT2D eigenvalue weighted by Gasteiger charge is -2.38. The summed E-state index contributed by atoms with van der Waals surface area (Å²) in [5.74, 6) is 0.238. The van der Waals surface area contributed by atoms with Gasteiger partial charge < -0.3 is 4.90 Å². The third-order valence-corrected chi connectivity index (χ3v) is 3.91. The number of hydrogen-bond donors (Lipinski definition) is 0. The van der Waals surface area contributed by atoms with Crippen molar-refractivity contribution in [2.45, 2.75) is 33.2 Å². The summed E-state index contributed by atoms with van der Waals surface area (Å²) < 4.78 is 0. The SMILES string of the molecule is CCC(=O)c1ccccc1N1CCN(C(C)C)CC1. The molecule has 0 atom stereocenters. The third kappa shape index (κ3) is 3.16. The van der Waals surface area contributed by atoms with E-state index in [-0.39, 0.29) is 5.78 Å². The van der Waals surface area contributed by atoms with Crippen LogP contribution in [0.3, 0.4) is 0 Å². The van der Waals surface area contributed by atoms with Crippen LogP contribution >= 0.6 is 0 Å². The maximum absolute atomic E-state index is 12.0. The second-order valence-corrected chi connectivity index (χ2v) is 5.41. The van der Waals surface area contributed by atoms with Gasteiger partial charge in [0, 0.05) is 49.9 Å². The highest BCUT2D eigenvalue weighted by atomic mass is 16.1. The van der Waals surface area contributed by atoms with Crippen LogP contribution < -0.4 is 4.90 Å². The van der Waals surface area contributed by atoms with Gasteiger partial charge in [-0.15, -0.1) is 0 Å². The average Bonchev–Trinajstić information content (AvgIpc) is 2.46. The maximum Gasteiger partial charge on any atom is 0.164 e. The van der Waals surface area contributed by atoms with E-state index in [1.54, 1.807) is 0 Å². The van der Waals surface area contributed by atoms with Gasteiger partial charge in [0.1, 0.15) is 0 Å². The van der Waals surface area contributed by atoms with Crippen LogP contribution in [0.2, 0.25) is 0 Å². The summed E-state index contributed by atoms with van der Waals surface area (Å²) in [6.07, 6.45) is 0.572. The van der Waals surface area contributed by atoms with E-state index in [1.807, 2.05) is 25.1 Å². The van der Waals surface area contributed by atoms with Crippen molar-refractivity contribution >= 4 is 11.5 Å². The van der Waals surface area contributed by atoms with Crippen LogP contribution in [0.5, 0.6) is 0 Å². The zero-order valence-electron chi connectivity index (χ0n) is 12.2. The molecule has 0 radical (unpaired) electrons. The first-order chi connectivity index (χ1) is 9.13. The highest BCUT2D eigenvalue weighted by Crippen LogP contribution is 2.23. The first kappa shape index (κ1) is 14.1. The molecule has 1 aliphatic heterocycles. The Kier molecular flexibility index (Phi) is 4.59. The van der Waals surface area contributed by atoms with Crippen molar-refractivity contribution < 1.29 is 4.79 Å². The molecule has 1 saturated heterocycles. The van der Waals surface area contributed by atoms with Crippen LogP contribution in [-0.4, -0.2) is 42.9 Å². The molecule has 0 saturated carbocycles. The van der Waals surface area contributed by atoms with Crippen LogP contribution in [0.1, 0.15) is 37.6 Å². The number of nitrogens with zero attached hydrogens (tertiary/aromatic N) is 2. The number of ketones is 1. The highest BCUT2D eigenvalue weighted by Gasteiger charge is 2.21. The van der Waals surface area contributed by atoms with Gasteiger partial charge in [0.25, 0.3) is 0 Å². The standard InChI is InChI=1S/C16H24N2O/c1-4-16(19)14-7-5-6-8-15(14)18-11-9-17(10-12-18)13(2)3/h5-8,13H,4,9-12H2,1-3H3. The molecule has 1 aromatic rings. The molecule has 3 nitrogen and oxygen atoms in total. The van der Waals surface area contributed by atoms with Gasteiger partial charge in [-0.3, -0.25) is 9.69 Å². The van der Waals surface area contributed by atoms with E-state index < -0.39 is 0 Å². The largest absolute Gasteiger partial charge is 0.368 e. The zero-order chi connectivity index (χ0) is 13.8. The molecule has 0 unspecified atom stereocenters. The minimum absolute atomic E-state index is 0.238. The van der Waals surface area contributed by atoms with E-state index in [2.05, 4.69) is 29.7 Å². The lowest BCUT2D eigenvalue weighted by Crippen LogP contribution is -2.49. The molecular formula is C16H24N2O. The summed E-state index contributed by atoms with van der Waals surface area (Å²) in [5.41, 5.74) is 1.99. The molecule has 0 N–H and O–H groups in total. The molecule has 3 heteroatoms. The summed E-state index contributed by atoms with van der Waals surface area (Å²) in [5, 5.41) is 0. The second kappa shape index (κ2) is 6.20. The smallest absolute Gasteiger partial charge is 0.164 e. The maximum atomic E-state index is 12.0. The molecule has 1 aromatic carbocycles. The van der Waals surface area contributed by atoms with Gasteiger partial charge in [-0.1, -0.05) is 19.1 Å². The number of hydrogen-bond acceptors (Lipinski definition) is 3. The summed E-state index contributed by atoms with van der Waals surface area (Å²) in [4.78, 5) is 16.8. The minimum atomic E-state index is 0.238. The van der Waals surface area contributed by atoms with Gasteiger partial charge in [0.15, 0.2) is 5.78 Å². The molecule has 2 rings (SSSR count). The molecule has 1 fully saturated rings. The van der Waals surface area contributed by atoms with Crippen LogP contribution in [-0.2, 0) is 0 Å². The van der Waals surface area contributed by atoms with Crippen LogP contribution in [0.15, 0.2) is 24.3 Å². The molecule has 0 bridgehead atoms. The van der Waals surface area contributed by atoms with E-state index in [4.69, 9.17) is 0 Å². The molecular weight excluding hydrogens is 236 g/mol. The molecule has 1 heterocycles. The van der Waals surface area contributed by atoms with Crippen LogP contribution in [0, 0.1) is 0 Å². The Morgan fingerprint density at radius 1 is 1.16 bits per heavy atom. The predicted molar refractivity (Wildman–Crippen MR) is 80.0 cm³/mol. The minimum Gasteiger partial charge on any atom is -0.368 e. The van der Waals surface area contributed by atoms with Crippen molar-refractivity contribution in [3.05, 3.63) is 29.8 Å². The van der Waals surface area contributed by atoms with Gasteiger partial charge in [-0.05, 0) is 26.0 Å². The molecule has 0 amide bonds. The Labute approximate surface area is 116 Å². The number of benzene rings is 1. The number of rotatable bonds is 4. The molecule has 0 aliphatic carbocycles. The Bertz CT molecular complexity index is 434. The third-order valence-electron chi connectivity index (χ3n) is 3.91. The highest BCUT2D eigenvalue weighted by molar-refractivity contribution is 6.01. The van der Waals surface area contributed by atoms with E-state index in [0.717, 1.165) is 37.4 Å². The van der Waals surface area contributed by atoms with Crippen molar-refractivity contribution in [2.24, 2.45) is 0 Å². The predicted octanol–water partition coefficient (Wildman–Crippen LogP) is 2.81. The summed E-state index contributed by atoms with van der Waals surface area (Å²) in [6, 6.07) is 8.62. The van der Waals surface area contributed by atoms with E-state index >= 15 is 0 Å². The van der Waals surface area contributed by atoms with E-state index in [1.165, 1.54) is 0 Å². The van der Waals surface area contributed by atoms with Crippen molar-refractivity contribution in [3.63, 3.8) is 0 Å². The molecule has 0 spiro atoms. The Balaban J connectivity index is 2.13. The van der Waals surface area contributed by atoms with Gasteiger partial charge in [-0.25, -0.2) is 0 Å². The summed E-state index contributed by atoms with van der Waals surface area (Å²) >= 11 is 0. The average molecular weight is 260 g/mol. The fraction of sp³-hybridized carbons (Fsp3) is 0.562. The van der Waals surface area contributed by atoms with Crippen molar-refractivity contribution in [2.75, 3.05) is 31.1 Å². The van der Waals surface area contributed by atoms with E-state index in [0.29, 0.717) is 12.5 Å². The summed E-state index contributed by atoms with van der Waals surface area (Å²) in [6.45, 7) is 10.6. The van der Waals surface area contributed by atoms with E-state index in [9.17, 15) is 4.79 Å². The quantitative estimate of drug-likeness (QED) is 0.778. The Morgan fingerprint density at radius 3 is 2.37 bits per heavy atom. The molecule has 1 aliphatic rings. The van der Waals surface area contributed by atoms with Gasteiger partial charge in [-0.2, -0.15) is 0 Å². The monoisotopic (exact) mass is 260 g/mol. The fourth-order valence-electron chi connectivity index (χ4n) is 2.65. The molecule has 104 valence electrons. The van der Waals surface area contributed by atoms with Crippen molar-refractivity contribution in [1.82, 2.24) is 4.90 Å². The topological polar surface area (TPSA) is 23.6 Å². The van der Waals surface area contributed by atoms with Gasteiger partial charge >= 0.3 is 0 Å². The first-order valence-electron chi connectivity index (χ1n) is 7.24. The molecule has 19 heavy (non-hydrogen) atoms. The second-order valence-electron chi connectivity index (χ2n) is 5.41. The summed E-state index contributed by atoms with van der Waals surface area (Å²) in [7, 11) is 0. The van der Waals surface area contributed by atoms with Crippen molar-refractivity contribution in [3.8, 4) is 0 Å². The zero-order valence-corrected chi connectivity index (χ0v) is 12.2. The fourth-order valence-corrected chi connectivity index (χ4v) is 2.65. The lowest BCUT2D eigenvalue weighted by atomic mass is 10.0. The number of carbonyl (C=O) groups is 1. The van der Waals surface area contributed by atoms with Crippen LogP contribution in [0.25, 0.3) is 0 Å². The number of anilines is 1. The Morgan fingerprint density at radius 2 is 1.79 bits per heavy atom. The number of para-hydroxylation sites is 1. The Hall–Kier alpha value is -1.35. The lowest BCUT2D eigenvalue weighted by molar-refractivity contribution is 0.0988. The first-order valence-corrected chi connectivity index (χ1v) is 7.24. The number of piperazine rings is 1. The van der Waals surface area contributed by atoms with Gasteiger partial charge in [0.05, 0.1) is 0 Å².